The lowest BCUT2D eigenvalue weighted by atomic mass is 9.83. The van der Waals surface area contributed by atoms with Gasteiger partial charge in [-0.15, -0.1) is 0 Å². The number of hydrogen-bond acceptors (Lipinski definition) is 10. The first kappa shape index (κ1) is 47.2. The number of amides is 5. The van der Waals surface area contributed by atoms with E-state index in [9.17, 15) is 42.3 Å². The van der Waals surface area contributed by atoms with Gasteiger partial charge in [-0.1, -0.05) is 75.1 Å². The fraction of sp³-hybridized carbons (Fsp3) is 0.591. The van der Waals surface area contributed by atoms with Crippen LogP contribution < -0.4 is 26.0 Å². The zero-order valence-electron chi connectivity index (χ0n) is 35.6. The van der Waals surface area contributed by atoms with Gasteiger partial charge in [0, 0.05) is 19.0 Å². The molecule has 5 amide bonds. The minimum absolute atomic E-state index is 0.0366. The summed E-state index contributed by atoms with van der Waals surface area (Å²) in [5.74, 6) is -4.06. The van der Waals surface area contributed by atoms with Crippen LogP contribution in [0.5, 0.6) is 0 Å². The number of nitrogens with zero attached hydrogens (tertiary/aromatic N) is 1. The average molecular weight is 867 g/mol. The highest BCUT2D eigenvalue weighted by Crippen LogP contribution is 2.30. The van der Waals surface area contributed by atoms with Crippen molar-refractivity contribution in [1.29, 1.82) is 0 Å². The molecule has 0 spiro atoms. The summed E-state index contributed by atoms with van der Waals surface area (Å²) < 4.78 is 35.4. The van der Waals surface area contributed by atoms with Gasteiger partial charge in [-0.05, 0) is 94.9 Å². The van der Waals surface area contributed by atoms with E-state index in [2.05, 4.69) is 26.0 Å². The lowest BCUT2D eigenvalue weighted by Crippen LogP contribution is -2.58. The second-order valence-corrected chi connectivity index (χ2v) is 19.1. The molecule has 4 bridgehead atoms. The predicted molar refractivity (Wildman–Crippen MR) is 226 cm³/mol. The number of fused-ring (bicyclic) bond motifs is 10. The van der Waals surface area contributed by atoms with Crippen molar-refractivity contribution in [3.63, 3.8) is 0 Å². The highest BCUT2D eigenvalue weighted by Gasteiger charge is 2.46. The molecule has 0 aromatic heterocycles. The summed E-state index contributed by atoms with van der Waals surface area (Å²) in [6.07, 6.45) is 4.91. The van der Waals surface area contributed by atoms with E-state index < -0.39 is 88.1 Å². The van der Waals surface area contributed by atoms with Crippen molar-refractivity contribution in [3.05, 3.63) is 65.7 Å². The number of hydrogen-bond donors (Lipinski definition) is 6. The van der Waals surface area contributed by atoms with Crippen LogP contribution in [0.25, 0.3) is 0 Å². The molecule has 6 atom stereocenters. The van der Waals surface area contributed by atoms with Gasteiger partial charge in [0.25, 0.3) is 5.91 Å². The largest absolute Gasteiger partial charge is 0.458 e. The highest BCUT2D eigenvalue weighted by atomic mass is 32.2. The van der Waals surface area contributed by atoms with Crippen LogP contribution in [-0.2, 0) is 49.9 Å². The molecule has 16 nitrogen and oxygen atoms in total. The Hall–Kier alpha value is -4.87. The topological polar surface area (TPSA) is 229 Å². The molecule has 0 radical (unpaired) electrons. The van der Waals surface area contributed by atoms with Crippen molar-refractivity contribution in [3.8, 4) is 0 Å². The van der Waals surface area contributed by atoms with Gasteiger partial charge in [-0.3, -0.25) is 24.0 Å². The van der Waals surface area contributed by atoms with Gasteiger partial charge < -0.3 is 36.0 Å². The molecule has 2 aromatic rings. The van der Waals surface area contributed by atoms with E-state index in [0.29, 0.717) is 44.1 Å². The molecule has 1 saturated heterocycles. The van der Waals surface area contributed by atoms with Crippen molar-refractivity contribution < 1.29 is 47.0 Å². The minimum atomic E-state index is -4.07. The van der Waals surface area contributed by atoms with E-state index >= 15 is 0 Å². The Morgan fingerprint density at radius 3 is 2.25 bits per heavy atom. The zero-order valence-corrected chi connectivity index (χ0v) is 36.4. The summed E-state index contributed by atoms with van der Waals surface area (Å²) in [7, 11) is -4.07. The quantitative estimate of drug-likeness (QED) is 0.171. The molecule has 2 fully saturated rings. The van der Waals surface area contributed by atoms with Gasteiger partial charge >= 0.3 is 5.97 Å². The first-order valence-electron chi connectivity index (χ1n) is 21.5. The standard InChI is InChI=1S/C44H62N6O10S/c1-5-14-33(39(53)41(55)45-26-36(52)48-38(30-18-10-7-11-19-30)43(57)60-44(2,3)4)46-40(54)34-25-31-27-50(34)42(56)37(29-16-8-6-9-17-29)47-35(51)20-13-12-15-28-21-23-32(24-22-28)61(58,59)49-31/h7,10-11,18-19,21-24,29,31,33-34,37-39,49,53H,5-6,8-9,12-17,20,25-27H2,1-4H3,(H,45,55)(H,46,54)(H,47,51)(H,48,52)/t31-,33?,34?,37?,38+,39?/m1/s1. The lowest BCUT2D eigenvalue weighted by Gasteiger charge is -2.35. The maximum Gasteiger partial charge on any atom is 0.333 e. The van der Waals surface area contributed by atoms with Crippen LogP contribution in [0.3, 0.4) is 0 Å². The van der Waals surface area contributed by atoms with Crippen LogP contribution in [0.4, 0.5) is 0 Å². The van der Waals surface area contributed by atoms with Crippen LogP contribution in [0.1, 0.15) is 115 Å². The summed E-state index contributed by atoms with van der Waals surface area (Å²) in [6.45, 7) is 6.10. The Kier molecular flexibility index (Phi) is 16.5. The molecule has 2 aromatic carbocycles. The molecule has 6 N–H and O–H groups in total. The van der Waals surface area contributed by atoms with Crippen molar-refractivity contribution in [2.75, 3.05) is 13.1 Å². The van der Waals surface area contributed by atoms with E-state index in [-0.39, 0.29) is 42.5 Å². The van der Waals surface area contributed by atoms with E-state index in [0.717, 1.165) is 24.8 Å². The maximum atomic E-state index is 14.6. The van der Waals surface area contributed by atoms with E-state index in [1.54, 1.807) is 70.2 Å². The molecular weight excluding hydrogens is 805 g/mol. The van der Waals surface area contributed by atoms with E-state index in [1.807, 2.05) is 0 Å². The van der Waals surface area contributed by atoms with Crippen molar-refractivity contribution in [2.24, 2.45) is 5.92 Å². The number of esters is 1. The number of benzene rings is 2. The third-order valence-electron chi connectivity index (χ3n) is 11.3. The molecule has 61 heavy (non-hydrogen) atoms. The number of nitrogens with one attached hydrogen (secondary N) is 5. The number of ether oxygens (including phenoxy) is 1. The molecule has 4 aliphatic rings. The lowest BCUT2D eigenvalue weighted by molar-refractivity contribution is -0.158. The third kappa shape index (κ3) is 13.3. The molecule has 6 rings (SSSR count). The molecule has 334 valence electrons. The van der Waals surface area contributed by atoms with Gasteiger partial charge in [0.05, 0.1) is 17.5 Å². The summed E-state index contributed by atoms with van der Waals surface area (Å²) in [5, 5.41) is 22.0. The van der Waals surface area contributed by atoms with E-state index in [1.165, 1.54) is 17.0 Å². The Balaban J connectivity index is 1.33. The van der Waals surface area contributed by atoms with Crippen LogP contribution in [0, 0.1) is 5.92 Å². The molecule has 17 heteroatoms. The monoisotopic (exact) mass is 866 g/mol. The summed E-state index contributed by atoms with van der Waals surface area (Å²) >= 11 is 0. The molecule has 1 aliphatic carbocycles. The van der Waals surface area contributed by atoms with Crippen molar-refractivity contribution in [1.82, 2.24) is 30.9 Å². The summed E-state index contributed by atoms with van der Waals surface area (Å²) in [4.78, 5) is 83.1. The Morgan fingerprint density at radius 1 is 0.918 bits per heavy atom. The number of sulfonamides is 1. The third-order valence-corrected chi connectivity index (χ3v) is 12.9. The number of aryl methyl sites for hydroxylation is 1. The Bertz CT molecular complexity index is 1970. The second-order valence-electron chi connectivity index (χ2n) is 17.4. The summed E-state index contributed by atoms with van der Waals surface area (Å²) in [6, 6.07) is 9.59. The smallest absolute Gasteiger partial charge is 0.333 e. The predicted octanol–water partition coefficient (Wildman–Crippen LogP) is 2.69. The normalized spacial score (nSPS) is 22.8. The zero-order chi connectivity index (χ0) is 44.3. The number of aliphatic hydroxyl groups excluding tert-OH is 1. The number of rotatable bonds is 12. The number of aliphatic hydroxyl groups is 1. The van der Waals surface area contributed by atoms with E-state index in [4.69, 9.17) is 4.74 Å². The first-order chi connectivity index (χ1) is 29.0. The van der Waals surface area contributed by atoms with Crippen LogP contribution in [0.15, 0.2) is 59.5 Å². The van der Waals surface area contributed by atoms with Crippen molar-refractivity contribution >= 4 is 45.5 Å². The molecular formula is C44H62N6O10S. The molecule has 1 saturated carbocycles. The number of carbonyl (C=O) groups is 6. The fourth-order valence-electron chi connectivity index (χ4n) is 8.27. The SMILES string of the molecule is CCCC(NC(=O)C1C[C@@H]2CN1C(=O)C(C1CCCCC1)NC(=O)CCCCc1ccc(cc1)S(=O)(=O)N2)C(O)C(=O)NCC(=O)N[C@H](C(=O)OC(C)(C)C)c1ccccc1. The summed E-state index contributed by atoms with van der Waals surface area (Å²) in [5.41, 5.74) is 0.552. The molecule has 4 unspecified atom stereocenters. The van der Waals surface area contributed by atoms with Gasteiger partial charge in [-0.2, -0.15) is 0 Å². The fourth-order valence-corrected chi connectivity index (χ4v) is 9.51. The maximum absolute atomic E-state index is 14.6. The van der Waals surface area contributed by atoms with Gasteiger partial charge in [0.1, 0.15) is 17.7 Å². The average Bonchev–Trinajstić information content (AvgIpc) is 3.65. The van der Waals surface area contributed by atoms with Crippen LogP contribution in [-0.4, -0.2) is 103 Å². The van der Waals surface area contributed by atoms with Gasteiger partial charge in [0.2, 0.25) is 33.7 Å². The molecule has 3 heterocycles. The first-order valence-corrected chi connectivity index (χ1v) is 23.0. The minimum Gasteiger partial charge on any atom is -0.458 e. The molecule has 3 aliphatic heterocycles. The Morgan fingerprint density at radius 2 is 1.59 bits per heavy atom. The van der Waals surface area contributed by atoms with Gasteiger partial charge in [-0.25, -0.2) is 17.9 Å². The Labute approximate surface area is 358 Å². The van der Waals surface area contributed by atoms with Crippen LogP contribution >= 0.6 is 0 Å². The van der Waals surface area contributed by atoms with Crippen molar-refractivity contribution in [2.45, 2.75) is 152 Å². The highest BCUT2D eigenvalue weighted by molar-refractivity contribution is 7.89. The van der Waals surface area contributed by atoms with Gasteiger partial charge in [0.15, 0.2) is 12.1 Å². The number of carbonyl (C=O) groups excluding carboxylic acids is 6. The van der Waals surface area contributed by atoms with Crippen LogP contribution in [0.2, 0.25) is 0 Å². The second kappa shape index (κ2) is 21.3.